The van der Waals surface area contributed by atoms with E-state index in [1.165, 1.54) is 4.31 Å². The smallest absolute Gasteiger partial charge is 0.227 e. The molecule has 0 N–H and O–H groups in total. The molecule has 0 radical (unpaired) electrons. The maximum atomic E-state index is 13.3. The molecule has 0 aromatic heterocycles. The predicted molar refractivity (Wildman–Crippen MR) is 138 cm³/mol. The van der Waals surface area contributed by atoms with Crippen LogP contribution >= 0.6 is 34.8 Å². The Morgan fingerprint density at radius 2 is 1.68 bits per heavy atom. The molecule has 2 aromatic carbocycles. The highest BCUT2D eigenvalue weighted by molar-refractivity contribution is 7.88. The first-order chi connectivity index (χ1) is 16.2. The highest BCUT2D eigenvalue weighted by atomic mass is 35.5. The zero-order valence-corrected chi connectivity index (χ0v) is 22.1. The number of aryl methyl sites for hydroxylation is 1. The van der Waals surface area contributed by atoms with Crippen LogP contribution in [0.2, 0.25) is 15.1 Å². The average Bonchev–Trinajstić information content (AvgIpc) is 2.83. The van der Waals surface area contributed by atoms with Crippen LogP contribution in [-0.2, 0) is 20.6 Å². The van der Waals surface area contributed by atoms with Gasteiger partial charge in [-0.15, -0.1) is 0 Å². The van der Waals surface area contributed by atoms with Gasteiger partial charge in [-0.2, -0.15) is 0 Å². The van der Waals surface area contributed by atoms with Crippen molar-refractivity contribution in [2.45, 2.75) is 25.5 Å². The Balaban J connectivity index is 1.38. The third-order valence-electron chi connectivity index (χ3n) is 6.62. The summed E-state index contributed by atoms with van der Waals surface area (Å²) in [7, 11) is -3.66. The molecule has 6 nitrogen and oxygen atoms in total. The van der Waals surface area contributed by atoms with Gasteiger partial charge in [0.25, 0.3) is 0 Å². The first-order valence-electron chi connectivity index (χ1n) is 11.4. The van der Waals surface area contributed by atoms with Crippen molar-refractivity contribution >= 4 is 56.4 Å². The molecule has 2 saturated heterocycles. The zero-order chi connectivity index (χ0) is 24.5. The van der Waals surface area contributed by atoms with Crippen molar-refractivity contribution in [1.29, 1.82) is 0 Å². The fourth-order valence-electron chi connectivity index (χ4n) is 4.69. The molecular weight excluding hydrogens is 517 g/mol. The molecule has 0 bridgehead atoms. The molecule has 0 spiro atoms. The highest BCUT2D eigenvalue weighted by Gasteiger charge is 2.35. The van der Waals surface area contributed by atoms with Gasteiger partial charge in [-0.1, -0.05) is 46.9 Å². The summed E-state index contributed by atoms with van der Waals surface area (Å²) in [5.41, 5.74) is 2.63. The minimum Gasteiger partial charge on any atom is -0.368 e. The van der Waals surface area contributed by atoms with E-state index in [1.54, 1.807) is 18.2 Å². The minimum absolute atomic E-state index is 0.0261. The van der Waals surface area contributed by atoms with Crippen LogP contribution < -0.4 is 4.90 Å². The molecule has 2 aromatic rings. The Morgan fingerprint density at radius 1 is 1.00 bits per heavy atom. The second kappa shape index (κ2) is 10.6. The molecule has 2 aliphatic heterocycles. The third kappa shape index (κ3) is 5.65. The number of anilines is 1. The van der Waals surface area contributed by atoms with E-state index in [9.17, 15) is 13.2 Å². The number of nitrogens with zero attached hydrogens (tertiary/aromatic N) is 3. The number of hydrogen-bond acceptors (Lipinski definition) is 4. The Kier molecular flexibility index (Phi) is 7.99. The van der Waals surface area contributed by atoms with Gasteiger partial charge >= 0.3 is 0 Å². The molecule has 10 heteroatoms. The maximum Gasteiger partial charge on any atom is 0.227 e. The van der Waals surface area contributed by atoms with Crippen molar-refractivity contribution in [3.63, 3.8) is 0 Å². The standard InChI is InChI=1S/C24H28Cl3N3O3S/c1-17-7-8-19(25)14-23(17)28-10-12-29(13-11-28)24(31)18-4-3-9-30(15-18)34(32,33)16-20-21(26)5-2-6-22(20)27/h2,5-8,14,18H,3-4,9-13,15-16H2,1H3/t18-/m0/s1. The molecule has 34 heavy (non-hydrogen) atoms. The van der Waals surface area contributed by atoms with Crippen LogP contribution in [0.15, 0.2) is 36.4 Å². The van der Waals surface area contributed by atoms with Crippen LogP contribution in [-0.4, -0.2) is 62.8 Å². The summed E-state index contributed by atoms with van der Waals surface area (Å²) in [6.45, 7) is 5.27. The second-order valence-corrected chi connectivity index (χ2v) is 12.1. The molecule has 2 aliphatic rings. The summed E-state index contributed by atoms with van der Waals surface area (Å²) < 4.78 is 27.7. The molecule has 0 saturated carbocycles. The van der Waals surface area contributed by atoms with Crippen LogP contribution in [0, 0.1) is 12.8 Å². The van der Waals surface area contributed by atoms with Gasteiger partial charge in [0.05, 0.1) is 11.7 Å². The first kappa shape index (κ1) is 25.6. The van der Waals surface area contributed by atoms with Crippen molar-refractivity contribution in [2.24, 2.45) is 5.92 Å². The highest BCUT2D eigenvalue weighted by Crippen LogP contribution is 2.30. The Hall–Kier alpha value is -1.51. The van der Waals surface area contributed by atoms with E-state index >= 15 is 0 Å². The van der Waals surface area contributed by atoms with Gasteiger partial charge in [-0.05, 0) is 49.6 Å². The van der Waals surface area contributed by atoms with Crippen molar-refractivity contribution < 1.29 is 13.2 Å². The van der Waals surface area contributed by atoms with Crippen LogP contribution in [0.25, 0.3) is 0 Å². The van der Waals surface area contributed by atoms with Crippen molar-refractivity contribution in [1.82, 2.24) is 9.21 Å². The summed E-state index contributed by atoms with van der Waals surface area (Å²) in [6, 6.07) is 10.8. The fourth-order valence-corrected chi connectivity index (χ4v) is 7.22. The van der Waals surface area contributed by atoms with Gasteiger partial charge in [-0.3, -0.25) is 4.79 Å². The van der Waals surface area contributed by atoms with Gasteiger partial charge in [0.15, 0.2) is 0 Å². The third-order valence-corrected chi connectivity index (χ3v) is 9.33. The summed E-state index contributed by atoms with van der Waals surface area (Å²) >= 11 is 18.6. The number of benzene rings is 2. The molecule has 0 aliphatic carbocycles. The van der Waals surface area contributed by atoms with Crippen molar-refractivity contribution in [3.05, 3.63) is 62.6 Å². The van der Waals surface area contributed by atoms with Gasteiger partial charge < -0.3 is 9.80 Å². The van der Waals surface area contributed by atoms with Gasteiger partial charge in [0.2, 0.25) is 15.9 Å². The Bertz CT molecular complexity index is 1150. The average molecular weight is 545 g/mol. The summed E-state index contributed by atoms with van der Waals surface area (Å²) in [6.07, 6.45) is 1.33. The quantitative estimate of drug-likeness (QED) is 0.540. The largest absolute Gasteiger partial charge is 0.368 e. The lowest BCUT2D eigenvalue weighted by molar-refractivity contribution is -0.137. The number of halogens is 3. The molecule has 0 unspecified atom stereocenters. The second-order valence-electron chi connectivity index (χ2n) is 8.90. The minimum atomic E-state index is -3.66. The van der Waals surface area contributed by atoms with E-state index in [0.29, 0.717) is 66.2 Å². The van der Waals surface area contributed by atoms with Crippen molar-refractivity contribution in [2.75, 3.05) is 44.2 Å². The normalized spacial score (nSPS) is 19.9. The molecule has 1 amide bonds. The lowest BCUT2D eigenvalue weighted by Gasteiger charge is -2.40. The monoisotopic (exact) mass is 543 g/mol. The molecule has 4 rings (SSSR count). The van der Waals surface area contributed by atoms with Gasteiger partial charge in [0, 0.05) is 65.6 Å². The predicted octanol–water partition coefficient (Wildman–Crippen LogP) is 4.85. The first-order valence-corrected chi connectivity index (χ1v) is 14.1. The number of carbonyl (C=O) groups is 1. The van der Waals surface area contributed by atoms with Crippen LogP contribution in [0.1, 0.15) is 24.0 Å². The van der Waals surface area contributed by atoms with E-state index in [-0.39, 0.29) is 24.1 Å². The summed E-state index contributed by atoms with van der Waals surface area (Å²) in [5, 5.41) is 1.35. The lowest BCUT2D eigenvalue weighted by Crippen LogP contribution is -2.53. The Labute approximate surface area is 216 Å². The number of sulfonamides is 1. The molecular formula is C24H28Cl3N3O3S. The maximum absolute atomic E-state index is 13.3. The van der Waals surface area contributed by atoms with E-state index in [4.69, 9.17) is 34.8 Å². The van der Waals surface area contributed by atoms with Crippen molar-refractivity contribution in [3.8, 4) is 0 Å². The van der Waals surface area contributed by atoms with Crippen LogP contribution in [0.3, 0.4) is 0 Å². The molecule has 2 fully saturated rings. The summed E-state index contributed by atoms with van der Waals surface area (Å²) in [5.74, 6) is -0.591. The fraction of sp³-hybridized carbons (Fsp3) is 0.458. The molecule has 2 heterocycles. The van der Waals surface area contributed by atoms with E-state index < -0.39 is 10.0 Å². The topological polar surface area (TPSA) is 60.9 Å². The van der Waals surface area contributed by atoms with Gasteiger partial charge in [0.1, 0.15) is 0 Å². The van der Waals surface area contributed by atoms with Crippen LogP contribution in [0.5, 0.6) is 0 Å². The number of hydrogen-bond donors (Lipinski definition) is 0. The lowest BCUT2D eigenvalue weighted by atomic mass is 9.97. The zero-order valence-electron chi connectivity index (χ0n) is 19.0. The number of piperazine rings is 1. The SMILES string of the molecule is Cc1ccc(Cl)cc1N1CCN(C(=O)[C@H]2CCCN(S(=O)(=O)Cc3c(Cl)cccc3Cl)C2)CC1. The molecule has 1 atom stereocenters. The van der Waals surface area contributed by atoms with E-state index in [2.05, 4.69) is 11.8 Å². The Morgan fingerprint density at radius 3 is 2.35 bits per heavy atom. The summed E-state index contributed by atoms with van der Waals surface area (Å²) in [4.78, 5) is 17.4. The molecule has 184 valence electrons. The van der Waals surface area contributed by atoms with E-state index in [1.807, 2.05) is 23.1 Å². The van der Waals surface area contributed by atoms with Crippen LogP contribution in [0.4, 0.5) is 5.69 Å². The number of amides is 1. The number of rotatable bonds is 5. The van der Waals surface area contributed by atoms with E-state index in [0.717, 1.165) is 11.3 Å². The number of carbonyl (C=O) groups excluding carboxylic acids is 1. The van der Waals surface area contributed by atoms with Gasteiger partial charge in [-0.25, -0.2) is 12.7 Å². The number of piperidine rings is 1.